The van der Waals surface area contributed by atoms with Gasteiger partial charge in [-0.15, -0.1) is 11.3 Å². The average Bonchev–Trinajstić information content (AvgIpc) is 3.78. The fourth-order valence-electron chi connectivity index (χ4n) is 6.02. The van der Waals surface area contributed by atoms with Crippen molar-refractivity contribution in [3.05, 3.63) is 94.7 Å². The van der Waals surface area contributed by atoms with Crippen molar-refractivity contribution in [3.63, 3.8) is 0 Å². The third-order valence-electron chi connectivity index (χ3n) is 8.78. The van der Waals surface area contributed by atoms with Gasteiger partial charge in [0, 0.05) is 30.8 Å². The lowest BCUT2D eigenvalue weighted by atomic mass is 10.1. The molecule has 0 unspecified atom stereocenters. The van der Waals surface area contributed by atoms with Gasteiger partial charge >= 0.3 is 6.03 Å². The van der Waals surface area contributed by atoms with Crippen LogP contribution in [0.15, 0.2) is 54.7 Å². The smallest absolute Gasteiger partial charge is 0.315 e. The highest BCUT2D eigenvalue weighted by atomic mass is 32.1. The average molecular weight is 691 g/mol. The minimum Gasteiger partial charge on any atom is -0.388 e. The third-order valence-corrected chi connectivity index (χ3v) is 9.81. The summed E-state index contributed by atoms with van der Waals surface area (Å²) in [5.41, 5.74) is 3.33. The quantitative estimate of drug-likeness (QED) is 0.117. The van der Waals surface area contributed by atoms with Crippen LogP contribution in [-0.2, 0) is 13.1 Å². The normalized spacial score (nSPS) is 20.4. The molecule has 254 valence electrons. The van der Waals surface area contributed by atoms with Crippen molar-refractivity contribution in [1.29, 1.82) is 0 Å². The highest BCUT2D eigenvalue weighted by Gasteiger charge is 2.43. The van der Waals surface area contributed by atoms with Crippen molar-refractivity contribution in [2.45, 2.75) is 69.5 Å². The van der Waals surface area contributed by atoms with Crippen LogP contribution in [0.1, 0.15) is 47.7 Å². The first-order valence-corrected chi connectivity index (χ1v) is 16.7. The van der Waals surface area contributed by atoms with Crippen LogP contribution in [0.2, 0.25) is 0 Å². The van der Waals surface area contributed by atoms with Gasteiger partial charge in [0.15, 0.2) is 0 Å². The number of halogens is 3. The Morgan fingerprint density at radius 1 is 0.939 bits per heavy atom. The van der Waals surface area contributed by atoms with Crippen LogP contribution in [-0.4, -0.2) is 60.5 Å². The minimum absolute atomic E-state index is 0.0794. The molecule has 3 aromatic heterocycles. The second-order valence-electron chi connectivity index (χ2n) is 12.3. The van der Waals surface area contributed by atoms with Crippen molar-refractivity contribution >= 4 is 39.4 Å². The molecule has 6 N–H and O–H groups in total. The molecule has 11 nitrogen and oxygen atoms in total. The summed E-state index contributed by atoms with van der Waals surface area (Å²) in [5, 5.41) is 34.1. The zero-order valence-corrected chi connectivity index (χ0v) is 27.1. The molecule has 2 aliphatic rings. The van der Waals surface area contributed by atoms with Crippen LogP contribution >= 0.6 is 11.3 Å². The molecule has 5 aromatic rings. The number of aliphatic hydroxyl groups is 2. The predicted molar refractivity (Wildman–Crippen MR) is 178 cm³/mol. The lowest BCUT2D eigenvalue weighted by Crippen LogP contribution is -2.47. The molecule has 15 heteroatoms. The molecule has 2 saturated carbocycles. The molecule has 3 heterocycles. The van der Waals surface area contributed by atoms with E-state index < -0.39 is 42.0 Å². The number of aryl methyl sites for hydroxylation is 1. The highest BCUT2D eigenvalue weighted by Crippen LogP contribution is 2.44. The molecule has 0 saturated heterocycles. The highest BCUT2D eigenvalue weighted by molar-refractivity contribution is 7.21. The Balaban J connectivity index is 1.15. The molecule has 0 bridgehead atoms. The SMILES string of the molecule is Cc1nc(NCc2c(F)cccc2F)nc(N[C@@H]2C[C@H](NC(=O)NCc3ccc(F)cc3)[C@@H](O)[C@H]2O)c1-c1nc2c(C3CC3)nccc2s1. The molecular formula is C34H33F3N8O3S. The van der Waals surface area contributed by atoms with Crippen LogP contribution in [0.5, 0.6) is 0 Å². The van der Waals surface area contributed by atoms with Crippen molar-refractivity contribution in [3.8, 4) is 10.6 Å². The lowest BCUT2D eigenvalue weighted by molar-refractivity contribution is 0.0281. The van der Waals surface area contributed by atoms with Gasteiger partial charge in [-0.05, 0) is 62.1 Å². The monoisotopic (exact) mass is 690 g/mol. The van der Waals surface area contributed by atoms with Gasteiger partial charge in [-0.1, -0.05) is 18.2 Å². The van der Waals surface area contributed by atoms with Gasteiger partial charge in [-0.3, -0.25) is 4.98 Å². The Morgan fingerprint density at radius 3 is 2.41 bits per heavy atom. The van der Waals surface area contributed by atoms with Gasteiger partial charge < -0.3 is 31.5 Å². The molecule has 2 aromatic carbocycles. The number of rotatable bonds is 10. The number of anilines is 2. The second-order valence-corrected chi connectivity index (χ2v) is 13.3. The van der Waals surface area contributed by atoms with E-state index in [-0.39, 0.29) is 42.7 Å². The Kier molecular flexibility index (Phi) is 9.05. The number of pyridine rings is 1. The summed E-state index contributed by atoms with van der Waals surface area (Å²) in [4.78, 5) is 31.4. The van der Waals surface area contributed by atoms with Crippen LogP contribution in [0.3, 0.4) is 0 Å². The number of nitrogens with one attached hydrogen (secondary N) is 4. The Hall–Kier alpha value is -4.86. The van der Waals surface area contributed by atoms with Crippen LogP contribution < -0.4 is 21.3 Å². The van der Waals surface area contributed by atoms with Gasteiger partial charge in [0.2, 0.25) is 5.95 Å². The molecule has 49 heavy (non-hydrogen) atoms. The number of fused-ring (bicyclic) bond motifs is 1. The first kappa shape index (κ1) is 32.7. The molecule has 4 atom stereocenters. The topological polar surface area (TPSA) is 157 Å². The molecule has 0 aliphatic heterocycles. The number of benzene rings is 2. The molecule has 2 aliphatic carbocycles. The fourth-order valence-corrected chi connectivity index (χ4v) is 7.08. The molecular weight excluding hydrogens is 657 g/mol. The summed E-state index contributed by atoms with van der Waals surface area (Å²) in [6, 6.07) is 9.06. The molecule has 7 rings (SSSR count). The standard InChI is InChI=1S/C34H33F3N8O3S/c1-16-26(32-44-28-25(49-32)11-12-38-27(28)18-7-8-18)31(45-33(41-16)39-15-20-21(36)3-2-4-22(20)37)42-23-13-24(30(47)29(23)46)43-34(48)40-14-17-5-9-19(35)10-6-17/h2-6,9-12,18,23-24,29-30,46-47H,7-8,13-15H2,1H3,(H2,40,43,48)(H2,39,41,42,45)/t23-,24+,29+,30-/m1/s1. The maximum absolute atomic E-state index is 14.4. The summed E-state index contributed by atoms with van der Waals surface area (Å²) in [6.07, 6.45) is 1.41. The number of aliphatic hydroxyl groups excluding tert-OH is 2. The number of amides is 2. The van der Waals surface area contributed by atoms with E-state index in [1.807, 2.05) is 6.07 Å². The third kappa shape index (κ3) is 7.00. The van der Waals surface area contributed by atoms with E-state index >= 15 is 0 Å². The number of hydrogen-bond acceptors (Lipinski definition) is 10. The molecule has 2 fully saturated rings. The van der Waals surface area contributed by atoms with Crippen LogP contribution in [0.4, 0.5) is 29.7 Å². The van der Waals surface area contributed by atoms with Gasteiger partial charge in [0.05, 0.1) is 33.7 Å². The van der Waals surface area contributed by atoms with E-state index in [0.29, 0.717) is 27.7 Å². The van der Waals surface area contributed by atoms with Gasteiger partial charge in [0.1, 0.15) is 46.0 Å². The second kappa shape index (κ2) is 13.6. The van der Waals surface area contributed by atoms with E-state index in [9.17, 15) is 28.2 Å². The number of hydrogen-bond donors (Lipinski definition) is 6. The number of urea groups is 1. The zero-order valence-electron chi connectivity index (χ0n) is 26.3. The molecule has 2 amide bonds. The number of nitrogens with zero attached hydrogens (tertiary/aromatic N) is 4. The number of aromatic nitrogens is 4. The molecule has 0 spiro atoms. The van der Waals surface area contributed by atoms with E-state index in [0.717, 1.165) is 28.8 Å². The van der Waals surface area contributed by atoms with E-state index in [4.69, 9.17) is 4.98 Å². The number of carbonyl (C=O) groups is 1. The van der Waals surface area contributed by atoms with E-state index in [2.05, 4.69) is 36.2 Å². The minimum atomic E-state index is -1.31. The van der Waals surface area contributed by atoms with Gasteiger partial charge in [-0.25, -0.2) is 27.9 Å². The maximum atomic E-state index is 14.4. The van der Waals surface area contributed by atoms with Crippen LogP contribution in [0, 0.1) is 24.4 Å². The summed E-state index contributed by atoms with van der Waals surface area (Å²) in [6.45, 7) is 1.67. The summed E-state index contributed by atoms with van der Waals surface area (Å²) in [5.74, 6) is -1.08. The number of thiazole rings is 1. The predicted octanol–water partition coefficient (Wildman–Crippen LogP) is 5.14. The summed E-state index contributed by atoms with van der Waals surface area (Å²) < 4.78 is 42.9. The first-order chi connectivity index (χ1) is 23.6. The molecule has 0 radical (unpaired) electrons. The lowest BCUT2D eigenvalue weighted by Gasteiger charge is -2.21. The van der Waals surface area contributed by atoms with E-state index in [1.165, 1.54) is 41.7 Å². The first-order valence-electron chi connectivity index (χ1n) is 15.9. The Morgan fingerprint density at radius 2 is 1.67 bits per heavy atom. The fraction of sp³-hybridized carbons (Fsp3) is 0.324. The van der Waals surface area contributed by atoms with Crippen molar-refractivity contribution in [1.82, 2.24) is 30.6 Å². The Labute approximate surface area is 283 Å². The van der Waals surface area contributed by atoms with E-state index in [1.54, 1.807) is 25.3 Å². The zero-order chi connectivity index (χ0) is 34.2. The summed E-state index contributed by atoms with van der Waals surface area (Å²) >= 11 is 1.44. The largest absolute Gasteiger partial charge is 0.388 e. The van der Waals surface area contributed by atoms with Gasteiger partial charge in [-0.2, -0.15) is 4.98 Å². The van der Waals surface area contributed by atoms with Crippen molar-refractivity contribution in [2.24, 2.45) is 0 Å². The van der Waals surface area contributed by atoms with Crippen molar-refractivity contribution in [2.75, 3.05) is 10.6 Å². The maximum Gasteiger partial charge on any atom is 0.315 e. The number of carbonyl (C=O) groups excluding carboxylic acids is 1. The summed E-state index contributed by atoms with van der Waals surface area (Å²) in [7, 11) is 0. The van der Waals surface area contributed by atoms with Crippen molar-refractivity contribution < 1.29 is 28.2 Å². The van der Waals surface area contributed by atoms with Crippen LogP contribution in [0.25, 0.3) is 20.8 Å². The van der Waals surface area contributed by atoms with Gasteiger partial charge in [0.25, 0.3) is 0 Å². The Bertz CT molecular complexity index is 1990.